The van der Waals surface area contributed by atoms with E-state index in [1.807, 2.05) is 30.3 Å². The molecule has 0 aliphatic heterocycles. The van der Waals surface area contributed by atoms with Crippen LogP contribution in [0.3, 0.4) is 0 Å². The molecule has 0 spiro atoms. The molecule has 0 radical (unpaired) electrons. The molecule has 1 N–H and O–H groups in total. The van der Waals surface area contributed by atoms with Crippen LogP contribution in [0.2, 0.25) is 20.1 Å². The number of hydrogen-bond donors (Lipinski definition) is 1. The van der Waals surface area contributed by atoms with Gasteiger partial charge in [-0.05, 0) is 42.8 Å². The Balaban J connectivity index is 1.83. The van der Waals surface area contributed by atoms with Gasteiger partial charge in [-0.1, -0.05) is 52.5 Å². The average molecular weight is 395 g/mol. The second-order valence-corrected chi connectivity index (χ2v) is 7.57. The first-order chi connectivity index (χ1) is 10.5. The maximum absolute atomic E-state index is 6.14. The van der Waals surface area contributed by atoms with Crippen molar-refractivity contribution in [3.63, 3.8) is 0 Å². The van der Waals surface area contributed by atoms with Crippen molar-refractivity contribution in [1.29, 1.82) is 0 Å². The highest BCUT2D eigenvalue weighted by Gasteiger charge is 2.07. The molecular formula is C16H15Cl4NS. The van der Waals surface area contributed by atoms with Crippen LogP contribution in [0.5, 0.6) is 0 Å². The Morgan fingerprint density at radius 2 is 1.68 bits per heavy atom. The quantitative estimate of drug-likeness (QED) is 0.429. The lowest BCUT2D eigenvalue weighted by atomic mass is 10.1. The Bertz CT molecular complexity index is 648. The van der Waals surface area contributed by atoms with Gasteiger partial charge >= 0.3 is 0 Å². The standard InChI is InChI=1S/C16H15Cl4NS/c1-10(11-2-4-13(18)15(20)8-11)21-6-7-22-16-9-12(17)3-5-14(16)19/h2-5,8-10,21H,6-7H2,1H3. The number of hydrogen-bond acceptors (Lipinski definition) is 2. The summed E-state index contributed by atoms with van der Waals surface area (Å²) in [7, 11) is 0. The van der Waals surface area contributed by atoms with Gasteiger partial charge in [0.2, 0.25) is 0 Å². The predicted molar refractivity (Wildman–Crippen MR) is 100 cm³/mol. The summed E-state index contributed by atoms with van der Waals surface area (Å²) >= 11 is 25.8. The van der Waals surface area contributed by atoms with Gasteiger partial charge in [0.05, 0.1) is 15.1 Å². The fraction of sp³-hybridized carbons (Fsp3) is 0.250. The molecule has 6 heteroatoms. The molecule has 0 fully saturated rings. The van der Waals surface area contributed by atoms with Gasteiger partial charge in [0.25, 0.3) is 0 Å². The van der Waals surface area contributed by atoms with Crippen molar-refractivity contribution in [1.82, 2.24) is 5.32 Å². The highest BCUT2D eigenvalue weighted by atomic mass is 35.5. The molecule has 1 nitrogen and oxygen atoms in total. The van der Waals surface area contributed by atoms with Crippen LogP contribution in [0.4, 0.5) is 0 Å². The number of nitrogens with one attached hydrogen (secondary N) is 1. The van der Waals surface area contributed by atoms with Crippen molar-refractivity contribution in [2.75, 3.05) is 12.3 Å². The minimum absolute atomic E-state index is 0.199. The Morgan fingerprint density at radius 1 is 0.955 bits per heavy atom. The third-order valence-corrected chi connectivity index (χ3v) is 5.62. The summed E-state index contributed by atoms with van der Waals surface area (Å²) in [6.45, 7) is 2.94. The second-order valence-electron chi connectivity index (χ2n) is 4.77. The van der Waals surface area contributed by atoms with E-state index in [-0.39, 0.29) is 6.04 Å². The van der Waals surface area contributed by atoms with Crippen LogP contribution < -0.4 is 5.32 Å². The van der Waals surface area contributed by atoms with Gasteiger partial charge in [0, 0.05) is 28.3 Å². The van der Waals surface area contributed by atoms with Gasteiger partial charge in [0.1, 0.15) is 0 Å². The monoisotopic (exact) mass is 393 g/mol. The zero-order valence-corrected chi connectivity index (χ0v) is 15.7. The van der Waals surface area contributed by atoms with Crippen LogP contribution in [0.25, 0.3) is 0 Å². The lowest BCUT2D eigenvalue weighted by molar-refractivity contribution is 0.601. The largest absolute Gasteiger partial charge is 0.309 e. The molecule has 2 rings (SSSR count). The predicted octanol–water partition coefficient (Wildman–Crippen LogP) is 6.74. The molecule has 2 aromatic carbocycles. The third-order valence-electron chi connectivity index (χ3n) is 3.15. The van der Waals surface area contributed by atoms with E-state index in [1.54, 1.807) is 17.8 Å². The van der Waals surface area contributed by atoms with E-state index in [2.05, 4.69) is 12.2 Å². The van der Waals surface area contributed by atoms with Gasteiger partial charge < -0.3 is 5.32 Å². The molecule has 0 aliphatic rings. The van der Waals surface area contributed by atoms with Gasteiger partial charge in [-0.2, -0.15) is 0 Å². The van der Waals surface area contributed by atoms with E-state index in [9.17, 15) is 0 Å². The van der Waals surface area contributed by atoms with Crippen molar-refractivity contribution in [2.45, 2.75) is 17.9 Å². The maximum atomic E-state index is 6.14. The molecule has 0 amide bonds. The molecule has 0 saturated carbocycles. The number of halogens is 4. The third kappa shape index (κ3) is 5.23. The Morgan fingerprint density at radius 3 is 2.41 bits per heavy atom. The van der Waals surface area contributed by atoms with Crippen LogP contribution in [0.15, 0.2) is 41.3 Å². The molecule has 0 heterocycles. The average Bonchev–Trinajstić information content (AvgIpc) is 2.49. The SMILES string of the molecule is CC(NCCSc1cc(Cl)ccc1Cl)c1ccc(Cl)c(Cl)c1. The van der Waals surface area contributed by atoms with Crippen LogP contribution in [0.1, 0.15) is 18.5 Å². The maximum Gasteiger partial charge on any atom is 0.0595 e. The molecular weight excluding hydrogens is 380 g/mol. The first-order valence-electron chi connectivity index (χ1n) is 6.73. The van der Waals surface area contributed by atoms with Crippen molar-refractivity contribution >= 4 is 58.2 Å². The number of benzene rings is 2. The van der Waals surface area contributed by atoms with Crippen LogP contribution in [-0.2, 0) is 0 Å². The van der Waals surface area contributed by atoms with Crippen molar-refractivity contribution < 1.29 is 0 Å². The highest BCUT2D eigenvalue weighted by Crippen LogP contribution is 2.30. The minimum atomic E-state index is 0.199. The first-order valence-corrected chi connectivity index (χ1v) is 9.23. The zero-order valence-electron chi connectivity index (χ0n) is 11.9. The molecule has 0 aliphatic carbocycles. The van der Waals surface area contributed by atoms with Crippen LogP contribution in [-0.4, -0.2) is 12.3 Å². The van der Waals surface area contributed by atoms with E-state index in [1.165, 1.54) is 0 Å². The summed E-state index contributed by atoms with van der Waals surface area (Å²) in [5.41, 5.74) is 1.11. The molecule has 2 aromatic rings. The molecule has 0 bridgehead atoms. The van der Waals surface area contributed by atoms with Crippen LogP contribution in [0, 0.1) is 0 Å². The normalized spacial score (nSPS) is 12.4. The topological polar surface area (TPSA) is 12.0 Å². The molecule has 1 atom stereocenters. The Labute approximate surface area is 155 Å². The molecule has 0 aromatic heterocycles. The smallest absolute Gasteiger partial charge is 0.0595 e. The summed E-state index contributed by atoms with van der Waals surface area (Å²) in [5, 5.41) is 6.03. The van der Waals surface area contributed by atoms with Crippen molar-refractivity contribution in [3.8, 4) is 0 Å². The van der Waals surface area contributed by atoms with Crippen LogP contribution >= 0.6 is 58.2 Å². The van der Waals surface area contributed by atoms with E-state index in [0.29, 0.717) is 15.1 Å². The van der Waals surface area contributed by atoms with Crippen molar-refractivity contribution in [2.24, 2.45) is 0 Å². The van der Waals surface area contributed by atoms with E-state index < -0.39 is 0 Å². The molecule has 1 unspecified atom stereocenters. The second kappa shape index (κ2) is 8.68. The Kier molecular flexibility index (Phi) is 7.20. The molecule has 0 saturated heterocycles. The number of rotatable bonds is 6. The van der Waals surface area contributed by atoms with E-state index in [4.69, 9.17) is 46.4 Å². The summed E-state index contributed by atoms with van der Waals surface area (Å²) in [6, 6.07) is 11.4. The zero-order chi connectivity index (χ0) is 16.1. The van der Waals surface area contributed by atoms with Crippen molar-refractivity contribution in [3.05, 3.63) is 62.1 Å². The fourth-order valence-corrected chi connectivity index (χ4v) is 3.60. The summed E-state index contributed by atoms with van der Waals surface area (Å²) in [6.07, 6.45) is 0. The minimum Gasteiger partial charge on any atom is -0.309 e. The first kappa shape index (κ1) is 18.3. The Hall–Kier alpha value is -0.0900. The summed E-state index contributed by atoms with van der Waals surface area (Å²) < 4.78 is 0. The molecule has 22 heavy (non-hydrogen) atoms. The highest BCUT2D eigenvalue weighted by molar-refractivity contribution is 7.99. The summed E-state index contributed by atoms with van der Waals surface area (Å²) in [5.74, 6) is 0.895. The van der Waals surface area contributed by atoms with E-state index >= 15 is 0 Å². The fourth-order valence-electron chi connectivity index (χ4n) is 1.92. The molecule has 118 valence electrons. The van der Waals surface area contributed by atoms with Gasteiger partial charge in [-0.15, -0.1) is 11.8 Å². The summed E-state index contributed by atoms with van der Waals surface area (Å²) in [4.78, 5) is 0.998. The van der Waals surface area contributed by atoms with Gasteiger partial charge in [-0.25, -0.2) is 0 Å². The van der Waals surface area contributed by atoms with Gasteiger partial charge in [0.15, 0.2) is 0 Å². The lowest BCUT2D eigenvalue weighted by Gasteiger charge is -2.15. The lowest BCUT2D eigenvalue weighted by Crippen LogP contribution is -2.21. The van der Waals surface area contributed by atoms with E-state index in [0.717, 1.165) is 27.8 Å². The number of thioether (sulfide) groups is 1. The van der Waals surface area contributed by atoms with Gasteiger partial charge in [-0.3, -0.25) is 0 Å².